The maximum Gasteiger partial charge on any atom is 0.299 e. The molecule has 0 atom stereocenters. The van der Waals surface area contributed by atoms with Crippen LogP contribution < -0.4 is 15.0 Å². The molecular formula is C24H27N3O2S. The van der Waals surface area contributed by atoms with Crippen molar-refractivity contribution in [2.45, 2.75) is 31.8 Å². The highest BCUT2D eigenvalue weighted by Crippen LogP contribution is 2.30. The van der Waals surface area contributed by atoms with E-state index in [2.05, 4.69) is 39.5 Å². The molecule has 0 bridgehead atoms. The first-order valence-electron chi connectivity index (χ1n) is 10.8. The van der Waals surface area contributed by atoms with Gasteiger partial charge < -0.3 is 19.4 Å². The van der Waals surface area contributed by atoms with Gasteiger partial charge in [0.2, 0.25) is 0 Å². The van der Waals surface area contributed by atoms with E-state index >= 15 is 0 Å². The number of benzene rings is 2. The third kappa shape index (κ3) is 4.59. The Morgan fingerprint density at radius 3 is 2.63 bits per heavy atom. The van der Waals surface area contributed by atoms with Gasteiger partial charge in [0.25, 0.3) is 6.01 Å². The Bertz CT molecular complexity index is 961. The van der Waals surface area contributed by atoms with Crippen molar-refractivity contribution in [3.63, 3.8) is 0 Å². The number of hydrogen-bond acceptors (Lipinski definition) is 6. The Morgan fingerprint density at radius 2 is 1.83 bits per heavy atom. The number of anilines is 3. The van der Waals surface area contributed by atoms with Crippen LogP contribution in [0.15, 0.2) is 59.1 Å². The van der Waals surface area contributed by atoms with Gasteiger partial charge in [-0.2, -0.15) is 11.8 Å². The van der Waals surface area contributed by atoms with E-state index in [9.17, 15) is 0 Å². The lowest BCUT2D eigenvalue weighted by Crippen LogP contribution is -2.32. The number of ether oxygens (including phenoxy) is 1. The van der Waals surface area contributed by atoms with Gasteiger partial charge in [0.15, 0.2) is 5.76 Å². The van der Waals surface area contributed by atoms with Crippen molar-refractivity contribution in [3.8, 4) is 17.1 Å². The van der Waals surface area contributed by atoms with Crippen LogP contribution in [0.2, 0.25) is 0 Å². The van der Waals surface area contributed by atoms with E-state index in [1.165, 1.54) is 30.0 Å². The molecule has 2 heterocycles. The average Bonchev–Trinajstić information content (AvgIpc) is 3.48. The van der Waals surface area contributed by atoms with Gasteiger partial charge in [0, 0.05) is 41.5 Å². The lowest BCUT2D eigenvalue weighted by Gasteiger charge is -2.28. The van der Waals surface area contributed by atoms with E-state index < -0.39 is 0 Å². The van der Waals surface area contributed by atoms with Crippen molar-refractivity contribution >= 4 is 29.2 Å². The molecule has 2 fully saturated rings. The molecule has 2 aliphatic rings. The molecule has 5 nitrogen and oxygen atoms in total. The highest BCUT2D eigenvalue weighted by Gasteiger charge is 2.17. The zero-order valence-corrected chi connectivity index (χ0v) is 17.9. The van der Waals surface area contributed by atoms with E-state index in [4.69, 9.17) is 9.15 Å². The van der Waals surface area contributed by atoms with Crippen LogP contribution in [0.5, 0.6) is 5.75 Å². The highest BCUT2D eigenvalue weighted by atomic mass is 32.2. The number of aromatic nitrogens is 1. The molecule has 1 aliphatic heterocycles. The highest BCUT2D eigenvalue weighted by molar-refractivity contribution is 7.99. The van der Waals surface area contributed by atoms with Crippen molar-refractivity contribution in [1.29, 1.82) is 0 Å². The molecule has 156 valence electrons. The Kier molecular flexibility index (Phi) is 5.84. The smallest absolute Gasteiger partial charge is 0.299 e. The van der Waals surface area contributed by atoms with Gasteiger partial charge in [0.1, 0.15) is 5.75 Å². The van der Waals surface area contributed by atoms with E-state index in [-0.39, 0.29) is 0 Å². The molecule has 1 saturated heterocycles. The molecule has 0 spiro atoms. The third-order valence-electron chi connectivity index (χ3n) is 5.72. The number of thioether (sulfide) groups is 1. The lowest BCUT2D eigenvalue weighted by atomic mass is 10.2. The summed E-state index contributed by atoms with van der Waals surface area (Å²) in [6.07, 6.45) is 6.93. The first kappa shape index (κ1) is 19.4. The summed E-state index contributed by atoms with van der Waals surface area (Å²) in [6.45, 7) is 2.23. The molecule has 30 heavy (non-hydrogen) atoms. The van der Waals surface area contributed by atoms with Gasteiger partial charge in [-0.1, -0.05) is 12.1 Å². The van der Waals surface area contributed by atoms with E-state index in [1.54, 1.807) is 6.20 Å². The van der Waals surface area contributed by atoms with E-state index in [0.29, 0.717) is 12.1 Å². The average molecular weight is 422 g/mol. The van der Waals surface area contributed by atoms with E-state index in [0.717, 1.165) is 48.7 Å². The van der Waals surface area contributed by atoms with Crippen molar-refractivity contribution in [1.82, 2.24) is 4.98 Å². The number of nitrogens with one attached hydrogen (secondary N) is 1. The summed E-state index contributed by atoms with van der Waals surface area (Å²) in [5.41, 5.74) is 3.22. The molecule has 1 saturated carbocycles. The Morgan fingerprint density at radius 1 is 1.03 bits per heavy atom. The summed E-state index contributed by atoms with van der Waals surface area (Å²) in [4.78, 5) is 6.84. The lowest BCUT2D eigenvalue weighted by molar-refractivity contribution is 0.210. The first-order chi connectivity index (χ1) is 14.8. The van der Waals surface area contributed by atoms with Crippen LogP contribution in [0.1, 0.15) is 25.7 Å². The molecule has 2 aromatic carbocycles. The molecule has 3 aromatic rings. The van der Waals surface area contributed by atoms with Crippen LogP contribution in [0.3, 0.4) is 0 Å². The second-order valence-electron chi connectivity index (χ2n) is 7.85. The van der Waals surface area contributed by atoms with Crippen LogP contribution in [-0.4, -0.2) is 35.7 Å². The first-order valence-corrected chi connectivity index (χ1v) is 11.9. The van der Waals surface area contributed by atoms with Crippen LogP contribution >= 0.6 is 11.8 Å². The molecule has 0 radical (unpaired) electrons. The van der Waals surface area contributed by atoms with Crippen molar-refractivity contribution in [2.75, 3.05) is 34.8 Å². The molecule has 0 unspecified atom stereocenters. The maximum absolute atomic E-state index is 6.12. The topological polar surface area (TPSA) is 50.5 Å². The minimum Gasteiger partial charge on any atom is -0.490 e. The summed E-state index contributed by atoms with van der Waals surface area (Å²) < 4.78 is 12.1. The van der Waals surface area contributed by atoms with Crippen LogP contribution in [-0.2, 0) is 0 Å². The molecule has 6 heteroatoms. The third-order valence-corrected chi connectivity index (χ3v) is 6.67. The molecule has 1 N–H and O–H groups in total. The Hall–Kier alpha value is -2.60. The van der Waals surface area contributed by atoms with Gasteiger partial charge in [-0.25, -0.2) is 4.98 Å². The molecule has 1 aliphatic carbocycles. The van der Waals surface area contributed by atoms with Crippen molar-refractivity contribution in [2.24, 2.45) is 0 Å². The SMILES string of the molecule is c1cc(OC2CCCC2)cc(-c2cnc(Nc3ccc(N4CCSCC4)cc3)o2)c1. The van der Waals surface area contributed by atoms with E-state index in [1.807, 2.05) is 36.0 Å². The largest absolute Gasteiger partial charge is 0.490 e. The van der Waals surface area contributed by atoms with Crippen LogP contribution in [0.25, 0.3) is 11.3 Å². The predicted octanol–water partition coefficient (Wildman–Crippen LogP) is 5.96. The standard InChI is InChI=1S/C24H27N3O2S/c1-2-6-21(5-1)28-22-7-3-4-18(16-22)23-17-25-24(29-23)26-19-8-10-20(11-9-19)27-12-14-30-15-13-27/h3-4,7-11,16-17,21H,1-2,5-6,12-15H2,(H,25,26). The Labute approximate surface area is 181 Å². The fourth-order valence-corrected chi connectivity index (χ4v) is 4.99. The van der Waals surface area contributed by atoms with Gasteiger partial charge >= 0.3 is 0 Å². The maximum atomic E-state index is 6.12. The normalized spacial score (nSPS) is 17.3. The number of nitrogens with zero attached hydrogens (tertiary/aromatic N) is 2. The molecular weight excluding hydrogens is 394 g/mol. The van der Waals surface area contributed by atoms with Crippen LogP contribution in [0, 0.1) is 0 Å². The summed E-state index contributed by atoms with van der Waals surface area (Å²) in [7, 11) is 0. The van der Waals surface area contributed by atoms with Gasteiger partial charge in [-0.15, -0.1) is 0 Å². The number of rotatable bonds is 6. The zero-order chi connectivity index (χ0) is 20.2. The van der Waals surface area contributed by atoms with Gasteiger partial charge in [-0.05, 0) is 62.1 Å². The minimum absolute atomic E-state index is 0.346. The molecule has 0 amide bonds. The summed E-state index contributed by atoms with van der Waals surface area (Å²) in [6, 6.07) is 17.1. The molecule has 5 rings (SSSR count). The van der Waals surface area contributed by atoms with Gasteiger partial charge in [0.05, 0.1) is 12.3 Å². The van der Waals surface area contributed by atoms with Crippen molar-refractivity contribution < 1.29 is 9.15 Å². The zero-order valence-electron chi connectivity index (χ0n) is 17.0. The Balaban J connectivity index is 1.24. The molecule has 1 aromatic heterocycles. The predicted molar refractivity (Wildman–Crippen MR) is 124 cm³/mol. The second kappa shape index (κ2) is 9.04. The second-order valence-corrected chi connectivity index (χ2v) is 9.08. The minimum atomic E-state index is 0.346. The summed E-state index contributed by atoms with van der Waals surface area (Å²) in [5, 5.41) is 3.27. The fraction of sp³-hybridized carbons (Fsp3) is 0.375. The monoisotopic (exact) mass is 421 g/mol. The quantitative estimate of drug-likeness (QED) is 0.530. The number of oxazole rings is 1. The van der Waals surface area contributed by atoms with Crippen molar-refractivity contribution in [3.05, 3.63) is 54.7 Å². The van der Waals surface area contributed by atoms with Gasteiger partial charge in [-0.3, -0.25) is 0 Å². The fourth-order valence-electron chi connectivity index (χ4n) is 4.09. The summed E-state index contributed by atoms with van der Waals surface area (Å²) >= 11 is 2.02. The summed E-state index contributed by atoms with van der Waals surface area (Å²) in [5.74, 6) is 4.03. The van der Waals surface area contributed by atoms with Crippen LogP contribution in [0.4, 0.5) is 17.4 Å². The number of hydrogen-bond donors (Lipinski definition) is 1.